The smallest absolute Gasteiger partial charge is 0.870 e. The summed E-state index contributed by atoms with van der Waals surface area (Å²) >= 11 is 0. The molecule has 9 saturated carbocycles. The van der Waals surface area contributed by atoms with Gasteiger partial charge in [-0.05, 0) is 127 Å². The maximum Gasteiger partial charge on any atom is 1.00 e. The Balaban J connectivity index is -0.000000180. The standard InChI is InChI=1S/C11H7O.7C11H11O.8H2O.8Rb/c12-7-3-1-2-6(4-5-7)11-8-9(11)10(8)11;1-11(7-8-11)9-3-2-4-10(12)6-5-9;4*1-8-7-11(8)9-3-2-4-10(12)6-5-9;2*1-2-3-5-10-6-4-7-11(12)9-8-10;;;;;;;;;;;;;;;;/h1-2,4-5,8-10H;2-3,5-6H,7-8H2,1H3;4*2-3,5-6,8,11H,7H2,1H3;2*3-6,8-9H,2H2,1H3;8*1H2;;;;;;;;/q8*-1;;;;;;;;;8*+1/p-8/b;;;;;;5-3+;5-3-;;;;;;;;;;;;;;;;/t;;4*8-,11?;;;;;;;;;;;;;;;;;;/m..1100................../s1. The van der Waals surface area contributed by atoms with Crippen LogP contribution in [0.15, 0.2) is 245 Å². The predicted octanol–water partition coefficient (Wildman–Crippen LogP) is -10.1. The summed E-state index contributed by atoms with van der Waals surface area (Å²) in [4.78, 5) is 87.0. The fraction of sp³-hybridized carbons (Fsp3) is 0.318. The number of hydrogen-bond acceptors (Lipinski definition) is 16. The zero-order chi connectivity index (χ0) is 68.4. The second kappa shape index (κ2) is 67.9. The zero-order valence-corrected chi connectivity index (χ0v) is 107. The van der Waals surface area contributed by atoms with Crippen molar-refractivity contribution in [2.75, 3.05) is 0 Å². The van der Waals surface area contributed by atoms with Gasteiger partial charge < -0.3 is 82.2 Å². The van der Waals surface area contributed by atoms with E-state index in [9.17, 15) is 38.4 Å². The van der Waals surface area contributed by atoms with Gasteiger partial charge in [0.1, 0.15) is 0 Å². The molecule has 8 aromatic carbocycles. The third kappa shape index (κ3) is 45.9. The Bertz CT molecular complexity index is 4190. The average Bonchev–Trinajstić information content (AvgIpc) is 1.35. The Morgan fingerprint density at radius 1 is 0.295 bits per heavy atom. The Morgan fingerprint density at radius 3 is 0.723 bits per heavy atom. The van der Waals surface area contributed by atoms with E-state index < -0.39 is 0 Å². The first-order valence-electron chi connectivity index (χ1n) is 33.8. The Labute approximate surface area is 1050 Å². The monoisotopic (exact) mass is 2080 g/mol. The summed E-state index contributed by atoms with van der Waals surface area (Å²) < 4.78 is 0. The molecular weight excluding hydrogens is 2000 g/mol. The number of hydrogen-bond donors (Lipinski definition) is 0. The predicted molar refractivity (Wildman–Crippen MR) is 401 cm³/mol. The van der Waals surface area contributed by atoms with E-state index in [1.807, 2.05) is 91.0 Å². The van der Waals surface area contributed by atoms with Gasteiger partial charge in [-0.15, -0.1) is 179 Å². The van der Waals surface area contributed by atoms with Gasteiger partial charge in [-0.2, -0.15) is 97.1 Å². The van der Waals surface area contributed by atoms with Crippen LogP contribution in [0, 0.1) is 90.0 Å². The third-order valence-electron chi connectivity index (χ3n) is 19.2. The number of rotatable bonds is 10. The summed E-state index contributed by atoms with van der Waals surface area (Å²) in [7, 11) is 0. The Hall–Kier alpha value is 4.72. The fourth-order valence-electron chi connectivity index (χ4n) is 11.9. The van der Waals surface area contributed by atoms with Crippen LogP contribution in [0.2, 0.25) is 0 Å². The molecule has 0 aromatic heterocycles. The molecule has 0 radical (unpaired) electrons. The molecule has 16 nitrogen and oxygen atoms in total. The molecule has 9 aliphatic rings. The molecule has 0 bridgehead atoms. The largest absolute Gasteiger partial charge is 1.00 e. The second-order valence-corrected chi connectivity index (χ2v) is 26.8. The first-order valence-corrected chi connectivity index (χ1v) is 33.8. The first-order chi connectivity index (χ1) is 46.3. The van der Waals surface area contributed by atoms with Gasteiger partial charge in [-0.25, -0.2) is 0 Å². The van der Waals surface area contributed by atoms with Gasteiger partial charge in [0.15, 0.2) is 0 Å². The average molecular weight is 2090 g/mol. The topological polar surface area (TPSA) is 377 Å². The fourth-order valence-corrected chi connectivity index (χ4v) is 11.9. The van der Waals surface area contributed by atoms with Gasteiger partial charge in [0.2, 0.25) is 0 Å². The molecule has 0 amide bonds. The van der Waals surface area contributed by atoms with Gasteiger partial charge in [0.25, 0.3) is 0 Å². The van der Waals surface area contributed by atoms with E-state index in [4.69, 9.17) is 0 Å². The summed E-state index contributed by atoms with van der Waals surface area (Å²) in [5.74, 6) is 8.99. The van der Waals surface area contributed by atoms with Crippen LogP contribution in [0.4, 0.5) is 0 Å². The molecular formula is C88H92O16Rb8-8. The van der Waals surface area contributed by atoms with Gasteiger partial charge in [0, 0.05) is 0 Å². The van der Waals surface area contributed by atoms with E-state index in [-0.39, 0.29) is 553 Å². The molecule has 0 aliphatic heterocycles. The van der Waals surface area contributed by atoms with Gasteiger partial charge in [0.05, 0.1) is 43.4 Å². The van der Waals surface area contributed by atoms with Crippen molar-refractivity contribution in [2.24, 2.45) is 41.4 Å². The molecule has 9 aliphatic carbocycles. The van der Waals surface area contributed by atoms with Crippen molar-refractivity contribution in [1.29, 1.82) is 0 Å². The molecule has 17 rings (SSSR count). The molecule has 8 atom stereocenters. The molecule has 556 valence electrons. The van der Waals surface area contributed by atoms with E-state index >= 15 is 0 Å². The van der Waals surface area contributed by atoms with Crippen molar-refractivity contribution >= 4 is 12.2 Å². The Kier molecular flexibility index (Phi) is 80.2. The minimum absolute atomic E-state index is 0. The van der Waals surface area contributed by atoms with Crippen LogP contribution in [0.25, 0.3) is 12.2 Å². The third-order valence-corrected chi connectivity index (χ3v) is 19.2. The quantitative estimate of drug-likeness (QED) is 0.115. The second-order valence-electron chi connectivity index (χ2n) is 26.8. The van der Waals surface area contributed by atoms with Crippen LogP contribution < -0.4 is 509 Å². The van der Waals surface area contributed by atoms with E-state index in [1.165, 1.54) is 84.0 Å². The van der Waals surface area contributed by atoms with Crippen LogP contribution in [0.5, 0.6) is 0 Å². The van der Waals surface area contributed by atoms with E-state index in [1.54, 1.807) is 97.1 Å². The first kappa shape index (κ1) is 132. The molecule has 0 heterocycles. The normalized spacial score (nSPS) is 21.0. The molecule has 112 heavy (non-hydrogen) atoms. The molecule has 0 saturated heterocycles. The van der Waals surface area contributed by atoms with Crippen LogP contribution in [-0.4, -0.2) is 43.8 Å². The van der Waals surface area contributed by atoms with Gasteiger partial charge in [-0.1, -0.05) is 83.9 Å². The summed E-state index contributed by atoms with van der Waals surface area (Å²) in [6.45, 7) is 15.3. The summed E-state index contributed by atoms with van der Waals surface area (Å²) in [6.07, 6.45) is 17.6. The van der Waals surface area contributed by atoms with E-state index in [0.29, 0.717) is 34.5 Å². The maximum atomic E-state index is 10.9. The minimum Gasteiger partial charge on any atom is -0.870 e. The minimum atomic E-state index is -0.0776. The molecule has 4 unspecified atom stereocenters. The van der Waals surface area contributed by atoms with Crippen LogP contribution in [0.3, 0.4) is 0 Å². The Morgan fingerprint density at radius 2 is 0.500 bits per heavy atom. The summed E-state index contributed by atoms with van der Waals surface area (Å²) in [6, 6.07) is 78.4. The molecule has 0 spiro atoms. The van der Waals surface area contributed by atoms with Crippen LogP contribution >= 0.6 is 0 Å². The zero-order valence-electron chi connectivity index (χ0n) is 67.6. The van der Waals surface area contributed by atoms with Crippen molar-refractivity contribution in [1.82, 2.24) is 0 Å². The van der Waals surface area contributed by atoms with Crippen molar-refractivity contribution in [3.63, 3.8) is 0 Å². The van der Waals surface area contributed by atoms with Gasteiger partial charge in [-0.3, -0.25) is 0 Å². The van der Waals surface area contributed by atoms with Crippen molar-refractivity contribution in [3.8, 4) is 0 Å². The van der Waals surface area contributed by atoms with Gasteiger partial charge >= 0.3 is 465 Å². The van der Waals surface area contributed by atoms with Crippen LogP contribution in [-0.2, 0) is 10.8 Å². The van der Waals surface area contributed by atoms with E-state index in [0.717, 1.165) is 65.4 Å². The summed E-state index contributed by atoms with van der Waals surface area (Å²) in [5, 5.41) is 0. The SMILES string of the molecule is CC/C=C/c1cc[c-]c(=O)cc1.CC/C=C\c1cc[c-]c(=O)cc1.CC1(c2cc[c-]c(=O)cc2)CC1.C[C@@H]1CC1c1cc[c-]c(=O)cc1.C[C@@H]1CC1c1cc[c-]c(=O)cc1.C[C@H]1CC1c1cc[c-]c(=O)cc1.C[C@H]1CC1c1cc[c-]c(=O)cc1.O=c1[c-]ccc(C23C4C2C43)cc1.[OH-].[OH-].[OH-].[OH-].[OH-].[OH-].[OH-].[OH-].[Rb+].[Rb+].[Rb+].[Rb+].[Rb+].[Rb+].[Rb+].[Rb+]. The molecule has 24 heteroatoms. The van der Waals surface area contributed by atoms with Crippen LogP contribution in [0.1, 0.15) is 168 Å². The maximum absolute atomic E-state index is 10.9. The van der Waals surface area contributed by atoms with E-state index in [2.05, 4.69) is 115 Å². The molecule has 8 N–H and O–H groups in total. The molecule has 8 aromatic rings. The van der Waals surface area contributed by atoms with Crippen molar-refractivity contribution in [3.05, 3.63) is 381 Å². The summed E-state index contributed by atoms with van der Waals surface area (Å²) in [5.41, 5.74) is 10.4. The van der Waals surface area contributed by atoms with Crippen molar-refractivity contribution in [2.45, 2.75) is 134 Å². The van der Waals surface area contributed by atoms with Crippen molar-refractivity contribution < 1.29 is 509 Å². The number of allylic oxidation sites excluding steroid dienone is 2. The molecule has 9 fully saturated rings.